The van der Waals surface area contributed by atoms with Crippen LogP contribution in [0, 0.1) is 6.92 Å². The van der Waals surface area contributed by atoms with Crippen LogP contribution < -0.4 is 9.47 Å². The van der Waals surface area contributed by atoms with Crippen molar-refractivity contribution in [3.63, 3.8) is 0 Å². The molecule has 6 aromatic rings. The molecule has 8 rings (SSSR count). The third-order valence-electron chi connectivity index (χ3n) is 11.4. The van der Waals surface area contributed by atoms with E-state index in [2.05, 4.69) is 0 Å². The van der Waals surface area contributed by atoms with Crippen molar-refractivity contribution < 1.29 is 38.9 Å². The van der Waals surface area contributed by atoms with Crippen LogP contribution in [0.4, 0.5) is 0 Å². The smallest absolute Gasteiger partial charge is 0.326 e. The number of halogens is 3. The second kappa shape index (κ2) is 20.9. The van der Waals surface area contributed by atoms with Gasteiger partial charge < -0.3 is 29.5 Å². The van der Waals surface area contributed by atoms with Crippen molar-refractivity contribution in [2.24, 2.45) is 0 Å². The summed E-state index contributed by atoms with van der Waals surface area (Å²) in [6, 6.07) is 41.0. The van der Waals surface area contributed by atoms with Crippen molar-refractivity contribution in [3.05, 3.63) is 200 Å². The molecule has 0 spiro atoms. The SMILES string of the molecule is Cc1ccc(OCc2ccc(C(=O)N3[C@@H](c4ccccc4Cl)CC[C@H]3C(=O)O)cc2)cc1.O=C(O)[C@@H]1CC[C@H](c2ccccc2Cl)N1C(=O)c1ccc(COc2cccc(Cl)c2)cc1. The minimum absolute atomic E-state index is 0.314. The van der Waals surface area contributed by atoms with Gasteiger partial charge in [-0.1, -0.05) is 119 Å². The second-order valence-electron chi connectivity index (χ2n) is 15.6. The van der Waals surface area contributed by atoms with Crippen LogP contribution in [0.25, 0.3) is 0 Å². The lowest BCUT2D eigenvalue weighted by Crippen LogP contribution is -2.41. The quantitative estimate of drug-likeness (QED) is 0.124. The standard InChI is InChI=1S/C26H24ClNO4.C25H21Cl2NO4/c1-17-6-12-20(13-7-17)32-16-18-8-10-19(11-9-18)25(29)28-23(14-15-24(28)26(30)31)21-4-2-3-5-22(21)27;26-18-4-3-5-19(14-18)32-15-16-8-10-17(11-9-16)24(29)28-22(12-13-23(28)25(30)31)20-6-1-2-7-21(20)27/h2-13,23-24H,14-16H2,1H3,(H,30,31);1-11,14,22-23H,12-13,15H2,(H,30,31)/t23-,24+;22-,23+/m11/s1. The Morgan fingerprint density at radius 3 is 1.39 bits per heavy atom. The van der Waals surface area contributed by atoms with E-state index in [0.717, 1.165) is 33.6 Å². The van der Waals surface area contributed by atoms with Crippen LogP contribution in [-0.4, -0.2) is 55.8 Å². The number of carbonyl (C=O) groups is 4. The number of aliphatic carboxylic acids is 2. The van der Waals surface area contributed by atoms with E-state index in [-0.39, 0.29) is 23.9 Å². The molecule has 2 saturated heterocycles. The number of hydrogen-bond acceptors (Lipinski definition) is 6. The van der Waals surface area contributed by atoms with Crippen molar-refractivity contribution in [2.45, 2.75) is 70.0 Å². The van der Waals surface area contributed by atoms with Gasteiger partial charge in [-0.2, -0.15) is 0 Å². The maximum atomic E-state index is 13.4. The summed E-state index contributed by atoms with van der Waals surface area (Å²) in [5.41, 5.74) is 5.35. The fourth-order valence-electron chi connectivity index (χ4n) is 8.08. The molecule has 13 heteroatoms. The lowest BCUT2D eigenvalue weighted by atomic mass is 10.0. The van der Waals surface area contributed by atoms with Gasteiger partial charge in [0.2, 0.25) is 0 Å². The molecule has 0 bridgehead atoms. The number of carboxylic acid groups (broad SMARTS) is 2. The first-order chi connectivity index (χ1) is 30.9. The van der Waals surface area contributed by atoms with Crippen molar-refractivity contribution in [2.75, 3.05) is 0 Å². The Hall–Kier alpha value is -6.33. The number of ether oxygens (including phenoxy) is 2. The van der Waals surface area contributed by atoms with E-state index in [1.807, 2.05) is 91.9 Å². The molecule has 0 aliphatic carbocycles. The lowest BCUT2D eigenvalue weighted by Gasteiger charge is -2.29. The molecule has 2 amide bonds. The Labute approximate surface area is 386 Å². The highest BCUT2D eigenvalue weighted by Crippen LogP contribution is 2.41. The maximum Gasteiger partial charge on any atom is 0.326 e. The zero-order valence-corrected chi connectivity index (χ0v) is 37.0. The number of hydrogen-bond donors (Lipinski definition) is 2. The summed E-state index contributed by atoms with van der Waals surface area (Å²) < 4.78 is 11.5. The van der Waals surface area contributed by atoms with E-state index in [1.54, 1.807) is 60.7 Å². The van der Waals surface area contributed by atoms with E-state index in [4.69, 9.17) is 44.3 Å². The van der Waals surface area contributed by atoms with Crippen LogP contribution in [0.3, 0.4) is 0 Å². The number of carbonyl (C=O) groups excluding carboxylic acids is 2. The molecule has 2 aliphatic rings. The minimum atomic E-state index is -1.01. The average Bonchev–Trinajstić information content (AvgIpc) is 3.95. The van der Waals surface area contributed by atoms with Gasteiger partial charge >= 0.3 is 11.9 Å². The molecule has 0 radical (unpaired) electrons. The highest BCUT2D eigenvalue weighted by atomic mass is 35.5. The first-order valence-electron chi connectivity index (χ1n) is 20.7. The zero-order valence-electron chi connectivity index (χ0n) is 34.8. The van der Waals surface area contributed by atoms with Gasteiger partial charge in [-0.05, 0) is 122 Å². The Kier molecular flexibility index (Phi) is 14.9. The molecular weight excluding hydrogens is 875 g/mol. The number of amides is 2. The highest BCUT2D eigenvalue weighted by molar-refractivity contribution is 6.32. The van der Waals surface area contributed by atoms with Crippen LogP contribution in [0.15, 0.2) is 146 Å². The van der Waals surface area contributed by atoms with Crippen LogP contribution in [0.5, 0.6) is 11.5 Å². The van der Waals surface area contributed by atoms with Gasteiger partial charge in [-0.25, -0.2) is 9.59 Å². The normalized spacial score (nSPS) is 17.9. The molecule has 0 unspecified atom stereocenters. The van der Waals surface area contributed by atoms with Gasteiger partial charge in [0.1, 0.15) is 36.8 Å². The van der Waals surface area contributed by atoms with Crippen LogP contribution in [0.2, 0.25) is 15.1 Å². The van der Waals surface area contributed by atoms with Crippen LogP contribution in [-0.2, 0) is 22.8 Å². The van der Waals surface area contributed by atoms with Crippen LogP contribution >= 0.6 is 34.8 Å². The predicted molar refractivity (Wildman–Crippen MR) is 246 cm³/mol. The fraction of sp³-hybridized carbons (Fsp3) is 0.216. The van der Waals surface area contributed by atoms with Gasteiger partial charge in [0, 0.05) is 26.2 Å². The summed E-state index contributed by atoms with van der Waals surface area (Å²) >= 11 is 18.7. The van der Waals surface area contributed by atoms with Gasteiger partial charge in [-0.15, -0.1) is 0 Å². The van der Waals surface area contributed by atoms with E-state index in [9.17, 15) is 29.4 Å². The number of aryl methyl sites for hydroxylation is 1. The summed E-state index contributed by atoms with van der Waals surface area (Å²) in [4.78, 5) is 53.3. The molecular formula is C51H45Cl3N2O8. The Morgan fingerprint density at radius 2 is 0.969 bits per heavy atom. The Bertz CT molecular complexity index is 2610. The van der Waals surface area contributed by atoms with E-state index >= 15 is 0 Å². The Balaban J connectivity index is 0.000000191. The molecule has 2 N–H and O–H groups in total. The van der Waals surface area contributed by atoms with E-state index in [1.165, 1.54) is 9.80 Å². The topological polar surface area (TPSA) is 134 Å². The summed E-state index contributed by atoms with van der Waals surface area (Å²) in [6.07, 6.45) is 1.86. The van der Waals surface area contributed by atoms with Gasteiger partial charge in [0.25, 0.3) is 11.8 Å². The molecule has 64 heavy (non-hydrogen) atoms. The first-order valence-corrected chi connectivity index (χ1v) is 21.9. The molecule has 10 nitrogen and oxygen atoms in total. The predicted octanol–water partition coefficient (Wildman–Crippen LogP) is 11.7. The number of carboxylic acids is 2. The van der Waals surface area contributed by atoms with Crippen molar-refractivity contribution >= 4 is 58.6 Å². The zero-order chi connectivity index (χ0) is 45.3. The number of benzene rings is 6. The fourth-order valence-corrected chi connectivity index (χ4v) is 8.79. The molecule has 2 heterocycles. The number of nitrogens with zero attached hydrogens (tertiary/aromatic N) is 2. The number of rotatable bonds is 12. The molecule has 0 aromatic heterocycles. The van der Waals surface area contributed by atoms with E-state index in [0.29, 0.717) is 70.8 Å². The first kappa shape index (κ1) is 45.7. The molecule has 4 atom stereocenters. The molecule has 328 valence electrons. The summed E-state index contributed by atoms with van der Waals surface area (Å²) in [5, 5.41) is 21.1. The van der Waals surface area contributed by atoms with Gasteiger partial charge in [-0.3, -0.25) is 9.59 Å². The Morgan fingerprint density at radius 1 is 0.531 bits per heavy atom. The largest absolute Gasteiger partial charge is 0.489 e. The number of likely N-dealkylation sites (tertiary alicyclic amines) is 2. The minimum Gasteiger partial charge on any atom is -0.489 e. The van der Waals surface area contributed by atoms with Crippen molar-refractivity contribution in [1.29, 1.82) is 0 Å². The van der Waals surface area contributed by atoms with Gasteiger partial charge in [0.05, 0.1) is 12.1 Å². The summed E-state index contributed by atoms with van der Waals surface area (Å²) in [5.74, 6) is -1.23. The third-order valence-corrected chi connectivity index (χ3v) is 12.3. The lowest BCUT2D eigenvalue weighted by molar-refractivity contribution is -0.142. The van der Waals surface area contributed by atoms with Crippen molar-refractivity contribution in [1.82, 2.24) is 9.80 Å². The average molecular weight is 920 g/mol. The molecule has 0 saturated carbocycles. The third kappa shape index (κ3) is 10.9. The molecule has 6 aromatic carbocycles. The van der Waals surface area contributed by atoms with Crippen LogP contribution in [0.1, 0.15) is 86.3 Å². The van der Waals surface area contributed by atoms with Gasteiger partial charge in [0.15, 0.2) is 0 Å². The monoisotopic (exact) mass is 918 g/mol. The van der Waals surface area contributed by atoms with Crippen molar-refractivity contribution in [3.8, 4) is 11.5 Å². The summed E-state index contributed by atoms with van der Waals surface area (Å²) in [6.45, 7) is 2.71. The maximum absolute atomic E-state index is 13.4. The second-order valence-corrected chi connectivity index (χ2v) is 16.9. The molecule has 2 fully saturated rings. The molecule has 2 aliphatic heterocycles. The summed E-state index contributed by atoms with van der Waals surface area (Å²) in [7, 11) is 0. The highest BCUT2D eigenvalue weighted by Gasteiger charge is 2.44. The van der Waals surface area contributed by atoms with E-state index < -0.39 is 24.0 Å².